The minimum atomic E-state index is -0.251. The Bertz CT molecular complexity index is 392. The molecule has 16 heavy (non-hydrogen) atoms. The summed E-state index contributed by atoms with van der Waals surface area (Å²) in [5, 5.41) is 3.38. The van der Waals surface area contributed by atoms with E-state index in [-0.39, 0.29) is 18.0 Å². The van der Waals surface area contributed by atoms with Crippen LogP contribution in [0.25, 0.3) is 0 Å². The van der Waals surface area contributed by atoms with Gasteiger partial charge in [0.05, 0.1) is 6.04 Å². The number of ether oxygens (including phenoxy) is 1. The topological polar surface area (TPSA) is 21.3 Å². The average molecular weight is 223 g/mol. The van der Waals surface area contributed by atoms with Crippen molar-refractivity contribution in [1.29, 1.82) is 0 Å². The summed E-state index contributed by atoms with van der Waals surface area (Å²) < 4.78 is 19.3. The molecular formula is C13H18FNO. The molecule has 1 aliphatic heterocycles. The number of rotatable bonds is 3. The Morgan fingerprint density at radius 2 is 2.12 bits per heavy atom. The number of nitrogens with one attached hydrogen (secondary N) is 1. The summed E-state index contributed by atoms with van der Waals surface area (Å²) in [6.07, 6.45) is 0.927. The minimum Gasteiger partial charge on any atom is -0.485 e. The van der Waals surface area contributed by atoms with E-state index in [1.165, 1.54) is 6.07 Å². The van der Waals surface area contributed by atoms with Gasteiger partial charge in [0, 0.05) is 5.56 Å². The molecule has 2 nitrogen and oxygen atoms in total. The molecule has 0 spiro atoms. The zero-order valence-electron chi connectivity index (χ0n) is 10.0. The van der Waals surface area contributed by atoms with Gasteiger partial charge in [0.1, 0.15) is 6.10 Å². The highest BCUT2D eigenvalue weighted by Crippen LogP contribution is 2.41. The summed E-state index contributed by atoms with van der Waals surface area (Å²) in [6, 6.07) is 3.43. The molecule has 88 valence electrons. The highest BCUT2D eigenvalue weighted by Gasteiger charge is 2.35. The van der Waals surface area contributed by atoms with Crippen molar-refractivity contribution in [2.45, 2.75) is 39.3 Å². The first-order valence-corrected chi connectivity index (χ1v) is 5.88. The van der Waals surface area contributed by atoms with Crippen molar-refractivity contribution in [3.63, 3.8) is 0 Å². The number of hydrogen-bond donors (Lipinski definition) is 1. The molecule has 3 heteroatoms. The highest BCUT2D eigenvalue weighted by molar-refractivity contribution is 5.46. The standard InChI is InChI=1S/C13H18FNO/c1-4-10-12(15-5-2)11-8(3)6-7-9(14)13(11)16-10/h6-7,10,12,15H,4-5H2,1-3H3. The van der Waals surface area contributed by atoms with Crippen molar-refractivity contribution in [2.24, 2.45) is 0 Å². The van der Waals surface area contributed by atoms with Crippen LogP contribution in [0.1, 0.15) is 37.4 Å². The maximum absolute atomic E-state index is 13.6. The van der Waals surface area contributed by atoms with Gasteiger partial charge in [-0.15, -0.1) is 0 Å². The van der Waals surface area contributed by atoms with Gasteiger partial charge in [-0.1, -0.05) is 19.9 Å². The predicted octanol–water partition coefficient (Wildman–Crippen LogP) is 2.96. The molecule has 1 aromatic carbocycles. The van der Waals surface area contributed by atoms with Gasteiger partial charge in [-0.05, 0) is 31.5 Å². The smallest absolute Gasteiger partial charge is 0.165 e. The number of halogens is 1. The Labute approximate surface area is 95.8 Å². The average Bonchev–Trinajstić information content (AvgIpc) is 2.64. The van der Waals surface area contributed by atoms with Crippen LogP contribution in [0.4, 0.5) is 4.39 Å². The molecule has 0 aliphatic carbocycles. The fourth-order valence-corrected chi connectivity index (χ4v) is 2.36. The first-order chi connectivity index (χ1) is 7.69. The molecule has 1 aromatic rings. The normalized spacial score (nSPS) is 23.0. The van der Waals surface area contributed by atoms with Gasteiger partial charge in [0.25, 0.3) is 0 Å². The van der Waals surface area contributed by atoms with Crippen LogP contribution in [0.15, 0.2) is 12.1 Å². The van der Waals surface area contributed by atoms with Crippen molar-refractivity contribution in [1.82, 2.24) is 5.32 Å². The second kappa shape index (κ2) is 4.42. The molecule has 2 unspecified atom stereocenters. The summed E-state index contributed by atoms with van der Waals surface area (Å²) in [6.45, 7) is 6.98. The molecule has 1 heterocycles. The molecule has 0 amide bonds. The molecule has 0 radical (unpaired) electrons. The largest absolute Gasteiger partial charge is 0.485 e. The van der Waals surface area contributed by atoms with Gasteiger partial charge in [0.15, 0.2) is 11.6 Å². The van der Waals surface area contributed by atoms with Gasteiger partial charge >= 0.3 is 0 Å². The summed E-state index contributed by atoms with van der Waals surface area (Å²) in [4.78, 5) is 0. The van der Waals surface area contributed by atoms with Crippen LogP contribution in [0.5, 0.6) is 5.75 Å². The second-order valence-corrected chi connectivity index (χ2v) is 4.21. The van der Waals surface area contributed by atoms with Crippen molar-refractivity contribution in [3.05, 3.63) is 29.1 Å². The summed E-state index contributed by atoms with van der Waals surface area (Å²) in [5.74, 6) is 0.192. The monoisotopic (exact) mass is 223 g/mol. The summed E-state index contributed by atoms with van der Waals surface area (Å²) in [7, 11) is 0. The lowest BCUT2D eigenvalue weighted by Gasteiger charge is -2.18. The van der Waals surface area contributed by atoms with Crippen LogP contribution >= 0.6 is 0 Å². The Morgan fingerprint density at radius 1 is 1.38 bits per heavy atom. The van der Waals surface area contributed by atoms with Crippen molar-refractivity contribution < 1.29 is 9.13 Å². The lowest BCUT2D eigenvalue weighted by atomic mass is 9.97. The zero-order valence-corrected chi connectivity index (χ0v) is 10.0. The SMILES string of the molecule is CCNC1c2c(C)ccc(F)c2OC1CC. The second-order valence-electron chi connectivity index (χ2n) is 4.21. The van der Waals surface area contributed by atoms with Gasteiger partial charge < -0.3 is 10.1 Å². The third-order valence-corrected chi connectivity index (χ3v) is 3.14. The maximum Gasteiger partial charge on any atom is 0.165 e. The van der Waals surface area contributed by atoms with Crippen molar-refractivity contribution >= 4 is 0 Å². The molecular weight excluding hydrogens is 205 g/mol. The quantitative estimate of drug-likeness (QED) is 0.850. The number of hydrogen-bond acceptors (Lipinski definition) is 2. The zero-order chi connectivity index (χ0) is 11.7. The maximum atomic E-state index is 13.6. The van der Waals surface area contributed by atoms with Gasteiger partial charge in [-0.2, -0.15) is 0 Å². The van der Waals surface area contributed by atoms with Gasteiger partial charge in [-0.3, -0.25) is 0 Å². The minimum absolute atomic E-state index is 0.0468. The summed E-state index contributed by atoms with van der Waals surface area (Å²) >= 11 is 0. The fourth-order valence-electron chi connectivity index (χ4n) is 2.36. The lowest BCUT2D eigenvalue weighted by Crippen LogP contribution is -2.30. The molecule has 2 rings (SSSR count). The highest BCUT2D eigenvalue weighted by atomic mass is 19.1. The molecule has 2 atom stereocenters. The molecule has 0 saturated heterocycles. The van der Waals surface area contributed by atoms with E-state index in [0.717, 1.165) is 24.1 Å². The van der Waals surface area contributed by atoms with Crippen LogP contribution in [0, 0.1) is 12.7 Å². The van der Waals surface area contributed by atoms with Crippen LogP contribution in [-0.4, -0.2) is 12.6 Å². The summed E-state index contributed by atoms with van der Waals surface area (Å²) in [5.41, 5.74) is 2.09. The number of benzene rings is 1. The van der Waals surface area contributed by atoms with E-state index in [1.54, 1.807) is 0 Å². The first kappa shape index (κ1) is 11.4. The van der Waals surface area contributed by atoms with Crippen molar-refractivity contribution in [2.75, 3.05) is 6.54 Å². The number of aryl methyl sites for hydroxylation is 1. The van der Waals surface area contributed by atoms with E-state index in [1.807, 2.05) is 13.0 Å². The molecule has 0 fully saturated rings. The Hall–Kier alpha value is -1.09. The number of likely N-dealkylation sites (N-methyl/N-ethyl adjacent to an activating group) is 1. The fraction of sp³-hybridized carbons (Fsp3) is 0.538. The van der Waals surface area contributed by atoms with Crippen LogP contribution in [0.3, 0.4) is 0 Å². The molecule has 0 aromatic heterocycles. The molecule has 0 saturated carbocycles. The third kappa shape index (κ3) is 1.69. The van der Waals surface area contributed by atoms with E-state index in [0.29, 0.717) is 5.75 Å². The Balaban J connectivity index is 2.45. The molecule has 1 aliphatic rings. The van der Waals surface area contributed by atoms with E-state index in [2.05, 4.69) is 19.2 Å². The van der Waals surface area contributed by atoms with E-state index < -0.39 is 0 Å². The van der Waals surface area contributed by atoms with E-state index in [4.69, 9.17) is 4.74 Å². The van der Waals surface area contributed by atoms with Gasteiger partial charge in [0.2, 0.25) is 0 Å². The van der Waals surface area contributed by atoms with E-state index in [9.17, 15) is 4.39 Å². The predicted molar refractivity (Wildman–Crippen MR) is 62.3 cm³/mol. The van der Waals surface area contributed by atoms with Crippen LogP contribution in [-0.2, 0) is 0 Å². The van der Waals surface area contributed by atoms with Crippen LogP contribution in [0.2, 0.25) is 0 Å². The van der Waals surface area contributed by atoms with Gasteiger partial charge in [-0.25, -0.2) is 4.39 Å². The third-order valence-electron chi connectivity index (χ3n) is 3.14. The Morgan fingerprint density at radius 3 is 2.75 bits per heavy atom. The molecule has 1 N–H and O–H groups in total. The van der Waals surface area contributed by atoms with E-state index >= 15 is 0 Å². The molecule has 0 bridgehead atoms. The first-order valence-electron chi connectivity index (χ1n) is 5.88. The van der Waals surface area contributed by atoms with Crippen LogP contribution < -0.4 is 10.1 Å². The van der Waals surface area contributed by atoms with Crippen molar-refractivity contribution in [3.8, 4) is 5.75 Å². The lowest BCUT2D eigenvalue weighted by molar-refractivity contribution is 0.180. The Kier molecular flexibility index (Phi) is 3.15. The number of fused-ring (bicyclic) bond motifs is 1.